The highest BCUT2D eigenvalue weighted by Gasteiger charge is 2.43. The van der Waals surface area contributed by atoms with E-state index in [1.54, 1.807) is 4.90 Å². The number of nitrogens with one attached hydrogen (secondary N) is 1. The summed E-state index contributed by atoms with van der Waals surface area (Å²) in [6.45, 7) is 5.69. The molecule has 3 N–H and O–H groups in total. The van der Waals surface area contributed by atoms with E-state index in [4.69, 9.17) is 5.73 Å². The highest BCUT2D eigenvalue weighted by molar-refractivity contribution is 5.91. The lowest BCUT2D eigenvalue weighted by Crippen LogP contribution is -2.61. The lowest BCUT2D eigenvalue weighted by Gasteiger charge is -2.39. The first-order valence-electron chi connectivity index (χ1n) is 12.4. The first kappa shape index (κ1) is 24.9. The Morgan fingerprint density at radius 1 is 0.971 bits per heavy atom. The van der Waals surface area contributed by atoms with E-state index in [-0.39, 0.29) is 36.2 Å². The third-order valence-electron chi connectivity index (χ3n) is 6.64. The second-order valence-electron chi connectivity index (χ2n) is 9.75. The van der Waals surface area contributed by atoms with Gasteiger partial charge in [0.2, 0.25) is 11.8 Å². The minimum Gasteiger partial charge on any atom is -0.343 e. The molecule has 186 valence electrons. The van der Waals surface area contributed by atoms with E-state index < -0.39 is 12.1 Å². The van der Waals surface area contributed by atoms with Gasteiger partial charge in [0.05, 0.1) is 6.04 Å². The van der Waals surface area contributed by atoms with Crippen molar-refractivity contribution in [2.45, 2.75) is 44.8 Å². The molecule has 0 bridgehead atoms. The molecular formula is C27H35N5O3. The van der Waals surface area contributed by atoms with Crippen LogP contribution in [0, 0.1) is 5.92 Å². The fraction of sp³-hybridized carbons (Fsp3) is 0.444. The Labute approximate surface area is 207 Å². The monoisotopic (exact) mass is 477 g/mol. The van der Waals surface area contributed by atoms with Gasteiger partial charge in [0, 0.05) is 32.6 Å². The molecule has 2 atom stereocenters. The summed E-state index contributed by atoms with van der Waals surface area (Å²) >= 11 is 0. The molecular weight excluding hydrogens is 442 g/mol. The number of benzene rings is 2. The largest absolute Gasteiger partial charge is 0.343 e. The van der Waals surface area contributed by atoms with Crippen molar-refractivity contribution in [3.8, 4) is 0 Å². The molecule has 2 saturated heterocycles. The van der Waals surface area contributed by atoms with Gasteiger partial charge >= 0.3 is 0 Å². The Morgan fingerprint density at radius 2 is 1.57 bits per heavy atom. The number of amides is 3. The number of nitrogens with two attached hydrogens (primary N) is 1. The van der Waals surface area contributed by atoms with Gasteiger partial charge in [0.1, 0.15) is 12.1 Å². The van der Waals surface area contributed by atoms with Crippen molar-refractivity contribution in [2.24, 2.45) is 11.7 Å². The molecule has 2 aliphatic heterocycles. The van der Waals surface area contributed by atoms with Gasteiger partial charge < -0.3 is 16.0 Å². The molecule has 0 aliphatic carbocycles. The number of hydrogen-bond donors (Lipinski definition) is 2. The Balaban J connectivity index is 1.51. The fourth-order valence-electron chi connectivity index (χ4n) is 4.86. The lowest BCUT2D eigenvalue weighted by molar-refractivity contribution is -0.158. The van der Waals surface area contributed by atoms with E-state index >= 15 is 0 Å². The van der Waals surface area contributed by atoms with Crippen molar-refractivity contribution in [3.05, 3.63) is 71.8 Å². The molecule has 8 nitrogen and oxygen atoms in total. The van der Waals surface area contributed by atoms with E-state index in [9.17, 15) is 14.4 Å². The molecule has 2 heterocycles. The highest BCUT2D eigenvalue weighted by Crippen LogP contribution is 2.26. The van der Waals surface area contributed by atoms with Crippen molar-refractivity contribution in [3.63, 3.8) is 0 Å². The number of carbonyl (C=O) groups is 3. The summed E-state index contributed by atoms with van der Waals surface area (Å²) < 4.78 is 0. The first-order valence-corrected chi connectivity index (χ1v) is 12.4. The maximum absolute atomic E-state index is 13.6. The molecule has 0 aromatic heterocycles. The number of hydrazine groups is 1. The van der Waals surface area contributed by atoms with Crippen LogP contribution >= 0.6 is 0 Å². The minimum atomic E-state index is -0.874. The SMILES string of the molecule is CC(C)CC(=O)N1CCN2CC[C@@H](C(=O)NC(c3ccccc3)c3ccccc3)N2C(=O)[C@@H](N)C1. The second kappa shape index (κ2) is 11.0. The summed E-state index contributed by atoms with van der Waals surface area (Å²) in [5.41, 5.74) is 8.20. The van der Waals surface area contributed by atoms with Crippen LogP contribution < -0.4 is 11.1 Å². The molecule has 3 amide bonds. The Morgan fingerprint density at radius 3 is 2.14 bits per heavy atom. The van der Waals surface area contributed by atoms with Crippen LogP contribution in [0.2, 0.25) is 0 Å². The van der Waals surface area contributed by atoms with Crippen molar-refractivity contribution in [1.82, 2.24) is 20.2 Å². The molecule has 35 heavy (non-hydrogen) atoms. The van der Waals surface area contributed by atoms with Crippen LogP contribution in [0.3, 0.4) is 0 Å². The number of rotatable bonds is 6. The fourth-order valence-corrected chi connectivity index (χ4v) is 4.86. The van der Waals surface area contributed by atoms with Crippen LogP contribution in [0.4, 0.5) is 0 Å². The summed E-state index contributed by atoms with van der Waals surface area (Å²) in [7, 11) is 0. The zero-order valence-electron chi connectivity index (χ0n) is 20.5. The second-order valence-corrected chi connectivity index (χ2v) is 9.75. The van der Waals surface area contributed by atoms with Gasteiger partial charge in [-0.3, -0.25) is 19.4 Å². The number of hydrogen-bond acceptors (Lipinski definition) is 5. The van der Waals surface area contributed by atoms with Gasteiger partial charge in [-0.15, -0.1) is 0 Å². The lowest BCUT2D eigenvalue weighted by atomic mass is 9.98. The standard InChI is InChI=1S/C27H35N5O3/c1-19(2)17-24(33)30-15-16-31-14-13-23(32(31)27(35)22(28)18-30)26(34)29-25(20-9-5-3-6-10-20)21-11-7-4-8-12-21/h3-12,19,22-23,25H,13-18,28H2,1-2H3,(H,29,34)/t22-,23-/m0/s1. The van der Waals surface area contributed by atoms with Crippen LogP contribution in [0.25, 0.3) is 0 Å². The van der Waals surface area contributed by atoms with Crippen LogP contribution in [-0.2, 0) is 14.4 Å². The van der Waals surface area contributed by atoms with Crippen molar-refractivity contribution >= 4 is 17.7 Å². The quantitative estimate of drug-likeness (QED) is 0.662. The van der Waals surface area contributed by atoms with Gasteiger partial charge in [-0.1, -0.05) is 74.5 Å². The predicted molar refractivity (Wildman–Crippen MR) is 134 cm³/mol. The topological polar surface area (TPSA) is 99.0 Å². The van der Waals surface area contributed by atoms with E-state index in [1.165, 1.54) is 5.01 Å². The number of carbonyl (C=O) groups excluding carboxylic acids is 3. The predicted octanol–water partition coefficient (Wildman–Crippen LogP) is 1.93. The van der Waals surface area contributed by atoms with Gasteiger partial charge in [0.25, 0.3) is 5.91 Å². The zero-order valence-corrected chi connectivity index (χ0v) is 20.5. The van der Waals surface area contributed by atoms with Crippen LogP contribution in [-0.4, -0.2) is 70.9 Å². The summed E-state index contributed by atoms with van der Waals surface area (Å²) in [6, 6.07) is 17.8. The molecule has 0 radical (unpaired) electrons. The van der Waals surface area contributed by atoms with Crippen LogP contribution in [0.15, 0.2) is 60.7 Å². The molecule has 0 spiro atoms. The number of nitrogens with zero attached hydrogens (tertiary/aromatic N) is 3. The van der Waals surface area contributed by atoms with Crippen LogP contribution in [0.5, 0.6) is 0 Å². The van der Waals surface area contributed by atoms with Gasteiger partial charge in [-0.2, -0.15) is 0 Å². The van der Waals surface area contributed by atoms with Gasteiger partial charge in [-0.25, -0.2) is 5.01 Å². The summed E-state index contributed by atoms with van der Waals surface area (Å²) in [6.07, 6.45) is 0.941. The van der Waals surface area contributed by atoms with E-state index in [0.29, 0.717) is 32.5 Å². The molecule has 2 fully saturated rings. The summed E-state index contributed by atoms with van der Waals surface area (Å²) in [5, 5.41) is 6.60. The molecule has 8 heteroatoms. The third-order valence-corrected chi connectivity index (χ3v) is 6.64. The molecule has 4 rings (SSSR count). The van der Waals surface area contributed by atoms with Gasteiger partial charge in [0.15, 0.2) is 0 Å². The molecule has 2 aliphatic rings. The van der Waals surface area contributed by atoms with Crippen molar-refractivity contribution in [2.75, 3.05) is 26.2 Å². The molecule has 2 aromatic carbocycles. The van der Waals surface area contributed by atoms with Gasteiger partial charge in [-0.05, 0) is 23.5 Å². The van der Waals surface area contributed by atoms with E-state index in [0.717, 1.165) is 11.1 Å². The average Bonchev–Trinajstić information content (AvgIpc) is 3.27. The van der Waals surface area contributed by atoms with Crippen LogP contribution in [0.1, 0.15) is 43.9 Å². The Kier molecular flexibility index (Phi) is 7.83. The first-order chi connectivity index (χ1) is 16.8. The highest BCUT2D eigenvalue weighted by atomic mass is 16.2. The normalized spacial score (nSPS) is 21.1. The summed E-state index contributed by atoms with van der Waals surface area (Å²) in [5.74, 6) is -0.281. The summed E-state index contributed by atoms with van der Waals surface area (Å²) in [4.78, 5) is 41.2. The number of fused-ring (bicyclic) bond motifs is 1. The van der Waals surface area contributed by atoms with E-state index in [1.807, 2.05) is 79.5 Å². The Bertz CT molecular complexity index is 990. The maximum atomic E-state index is 13.6. The van der Waals surface area contributed by atoms with E-state index in [2.05, 4.69) is 5.32 Å². The molecule has 0 unspecified atom stereocenters. The molecule has 2 aromatic rings. The maximum Gasteiger partial charge on any atom is 0.256 e. The molecule has 0 saturated carbocycles. The van der Waals surface area contributed by atoms with Crippen molar-refractivity contribution in [1.29, 1.82) is 0 Å². The minimum absolute atomic E-state index is 0.0127. The average molecular weight is 478 g/mol. The smallest absolute Gasteiger partial charge is 0.256 e. The Hall–Kier alpha value is -3.23. The van der Waals surface area contributed by atoms with Crippen molar-refractivity contribution < 1.29 is 14.4 Å². The zero-order chi connectivity index (χ0) is 24.9. The third kappa shape index (κ3) is 5.71.